The van der Waals surface area contributed by atoms with Gasteiger partial charge in [0, 0.05) is 45.8 Å². The molecule has 0 radical (unpaired) electrons. The van der Waals surface area contributed by atoms with Crippen molar-refractivity contribution in [2.24, 2.45) is 58.7 Å². The number of hydrogen-bond donors (Lipinski definition) is 0. The molecule has 0 bridgehead atoms. The first-order valence-corrected chi connectivity index (χ1v) is 35.5. The monoisotopic (exact) mass is 1150 g/mol. The van der Waals surface area contributed by atoms with E-state index in [2.05, 4.69) is 199 Å². The van der Waals surface area contributed by atoms with Crippen LogP contribution in [-0.4, -0.2) is 197 Å². The van der Waals surface area contributed by atoms with Crippen molar-refractivity contribution >= 4 is 0 Å². The zero-order valence-corrected chi connectivity index (χ0v) is 59.9. The standard InChI is InChI=1S/C12H26N2.C12H25N.2C10H21N.C10H23N.C9H19N.C9H21N.CH4/c1-4-6-13-8-10-14(11-9-13)7-5-12(2)3;1-11(2)5-8-13-9-6-12(3,4)7-10-13;1-9(2)4-6-11-7-5-10(3)8-11;1-10(2)6-9-11-7-4-3-5-8-11;1-5-8-11(6-2)9-7-10(3)4;1-8(2)4-5-10-6-9(3)7-10;1-5-7-10(4)8-6-9(2)3;/h12H,4-11H2,1-3H3;11H,5-10H2,1-4H3;9-10H,4-8H2,1-3H3;10H,3-9H2,1-2H3;10H,5-9H2,1-4H3;8-9H,4-7H2,1-3H3;9H,5-8H2,1-4H3;1H4. The molecule has 5 saturated heterocycles. The van der Waals surface area contributed by atoms with E-state index in [9.17, 15) is 0 Å². The molecule has 0 aromatic carbocycles. The molecule has 5 rings (SSSR count). The van der Waals surface area contributed by atoms with Crippen LogP contribution in [0.3, 0.4) is 0 Å². The first-order valence-electron chi connectivity index (χ1n) is 35.5. The third-order valence-electron chi connectivity index (χ3n) is 17.1. The van der Waals surface area contributed by atoms with Crippen LogP contribution in [-0.2, 0) is 0 Å². The summed E-state index contributed by atoms with van der Waals surface area (Å²) in [5.41, 5.74) is 0.605. The van der Waals surface area contributed by atoms with Crippen LogP contribution in [0.5, 0.6) is 0 Å². The van der Waals surface area contributed by atoms with Crippen LogP contribution in [0.4, 0.5) is 0 Å². The number of rotatable bonds is 28. The molecule has 0 spiro atoms. The van der Waals surface area contributed by atoms with Crippen LogP contribution in [0, 0.1) is 58.7 Å². The third-order valence-corrected chi connectivity index (χ3v) is 17.1. The highest BCUT2D eigenvalue weighted by Gasteiger charge is 2.25. The molecule has 5 fully saturated rings. The lowest BCUT2D eigenvalue weighted by Gasteiger charge is -2.37. The Bertz CT molecular complexity index is 1210. The van der Waals surface area contributed by atoms with Crippen molar-refractivity contribution in [3.8, 4) is 0 Å². The molecule has 0 saturated carbocycles. The first-order chi connectivity index (χ1) is 37.7. The maximum Gasteiger partial charge on any atom is 0.0110 e. The molecule has 0 aliphatic carbocycles. The lowest BCUT2D eigenvalue weighted by Crippen LogP contribution is -2.46. The van der Waals surface area contributed by atoms with Crippen LogP contribution in [0.15, 0.2) is 0 Å². The second-order valence-electron chi connectivity index (χ2n) is 30.2. The summed E-state index contributed by atoms with van der Waals surface area (Å²) in [7, 11) is 2.20. The number of likely N-dealkylation sites (tertiary alicyclic amines) is 4. The van der Waals surface area contributed by atoms with E-state index >= 15 is 0 Å². The van der Waals surface area contributed by atoms with E-state index in [0.717, 1.165) is 53.3 Å². The zero-order valence-electron chi connectivity index (χ0n) is 59.9. The maximum atomic E-state index is 2.63. The second kappa shape index (κ2) is 53.9. The Morgan fingerprint density at radius 1 is 0.370 bits per heavy atom. The number of nitrogens with zero attached hydrogens (tertiary/aromatic N) is 8. The molecule has 5 heterocycles. The summed E-state index contributed by atoms with van der Waals surface area (Å²) in [6, 6.07) is 0. The average molecular weight is 1150 g/mol. The molecular weight excluding hydrogens is 989 g/mol. The molecule has 81 heavy (non-hydrogen) atoms. The van der Waals surface area contributed by atoms with Crippen molar-refractivity contribution in [1.82, 2.24) is 39.2 Å². The summed E-state index contributed by atoms with van der Waals surface area (Å²) in [6.45, 7) is 80.7. The Morgan fingerprint density at radius 3 is 1.09 bits per heavy atom. The van der Waals surface area contributed by atoms with Gasteiger partial charge in [-0.05, 0) is 267 Å². The van der Waals surface area contributed by atoms with Crippen molar-refractivity contribution in [2.45, 2.75) is 262 Å². The Labute approximate surface area is 515 Å². The molecule has 8 heteroatoms. The minimum absolute atomic E-state index is 0. The Kier molecular flexibility index (Phi) is 56.5. The molecule has 0 aromatic heterocycles. The Hall–Kier alpha value is -0.320. The smallest absolute Gasteiger partial charge is 0.0110 e. The van der Waals surface area contributed by atoms with Crippen molar-refractivity contribution in [2.75, 3.05) is 158 Å². The fourth-order valence-electron chi connectivity index (χ4n) is 10.7. The quantitative estimate of drug-likeness (QED) is 0.0765. The molecule has 0 N–H and O–H groups in total. The van der Waals surface area contributed by atoms with Gasteiger partial charge in [-0.15, -0.1) is 0 Å². The van der Waals surface area contributed by atoms with Crippen molar-refractivity contribution in [3.05, 3.63) is 0 Å². The maximum absolute atomic E-state index is 2.63. The summed E-state index contributed by atoms with van der Waals surface area (Å²) in [4.78, 5) is 20.5. The largest absolute Gasteiger partial charge is 0.306 e. The lowest BCUT2D eigenvalue weighted by atomic mass is 9.82. The lowest BCUT2D eigenvalue weighted by molar-refractivity contribution is 0.107. The topological polar surface area (TPSA) is 25.9 Å². The molecule has 492 valence electrons. The minimum Gasteiger partial charge on any atom is -0.306 e. The molecule has 1 unspecified atom stereocenters. The van der Waals surface area contributed by atoms with Crippen LogP contribution < -0.4 is 0 Å². The van der Waals surface area contributed by atoms with Gasteiger partial charge in [0.25, 0.3) is 0 Å². The van der Waals surface area contributed by atoms with Gasteiger partial charge in [0.15, 0.2) is 0 Å². The van der Waals surface area contributed by atoms with E-state index in [1.807, 2.05) is 0 Å². The van der Waals surface area contributed by atoms with E-state index in [-0.39, 0.29) is 7.43 Å². The van der Waals surface area contributed by atoms with Gasteiger partial charge in [0.05, 0.1) is 0 Å². The summed E-state index contributed by atoms with van der Waals surface area (Å²) in [6.07, 6.45) is 21.8. The van der Waals surface area contributed by atoms with Crippen LogP contribution in [0.2, 0.25) is 0 Å². The van der Waals surface area contributed by atoms with Crippen molar-refractivity contribution < 1.29 is 0 Å². The van der Waals surface area contributed by atoms with E-state index in [0.29, 0.717) is 5.41 Å². The van der Waals surface area contributed by atoms with Crippen molar-refractivity contribution in [1.29, 1.82) is 0 Å². The average Bonchev–Trinajstić information content (AvgIpc) is 3.82. The fourth-order valence-corrected chi connectivity index (χ4v) is 10.7. The van der Waals surface area contributed by atoms with E-state index in [1.54, 1.807) is 0 Å². The van der Waals surface area contributed by atoms with E-state index < -0.39 is 0 Å². The zero-order chi connectivity index (χ0) is 60.9. The van der Waals surface area contributed by atoms with Gasteiger partial charge < -0.3 is 39.2 Å². The molecule has 5 aliphatic rings. The van der Waals surface area contributed by atoms with Gasteiger partial charge in [-0.3, -0.25) is 0 Å². The fraction of sp³-hybridized carbons (Fsp3) is 1.00. The summed E-state index contributed by atoms with van der Waals surface area (Å²) < 4.78 is 0. The van der Waals surface area contributed by atoms with Gasteiger partial charge in [0.2, 0.25) is 0 Å². The highest BCUT2D eigenvalue weighted by Crippen LogP contribution is 2.30. The highest BCUT2D eigenvalue weighted by molar-refractivity contribution is 4.79. The molecule has 1 atom stereocenters. The van der Waals surface area contributed by atoms with Gasteiger partial charge in [0.1, 0.15) is 0 Å². The van der Waals surface area contributed by atoms with Crippen LogP contribution in [0.1, 0.15) is 262 Å². The predicted octanol–water partition coefficient (Wildman–Crippen LogP) is 17.9. The van der Waals surface area contributed by atoms with Gasteiger partial charge in [-0.1, -0.05) is 166 Å². The highest BCUT2D eigenvalue weighted by atomic mass is 15.3. The third kappa shape index (κ3) is 56.0. The summed E-state index contributed by atoms with van der Waals surface area (Å²) in [5.74, 6) is 7.92. The van der Waals surface area contributed by atoms with Crippen molar-refractivity contribution in [3.63, 3.8) is 0 Å². The van der Waals surface area contributed by atoms with Gasteiger partial charge in [-0.25, -0.2) is 0 Å². The Balaban J connectivity index is -0.000000877. The number of piperazine rings is 1. The van der Waals surface area contributed by atoms with E-state index in [4.69, 9.17) is 0 Å². The number of hydrogen-bond acceptors (Lipinski definition) is 8. The molecule has 0 aromatic rings. The first kappa shape index (κ1) is 84.9. The van der Waals surface area contributed by atoms with E-state index in [1.165, 1.54) is 253 Å². The van der Waals surface area contributed by atoms with Gasteiger partial charge in [-0.2, -0.15) is 0 Å². The molecule has 0 amide bonds. The summed E-state index contributed by atoms with van der Waals surface area (Å²) in [5, 5.41) is 0. The molecule has 8 nitrogen and oxygen atoms in total. The van der Waals surface area contributed by atoms with Crippen LogP contribution in [0.25, 0.3) is 0 Å². The minimum atomic E-state index is 0. The summed E-state index contributed by atoms with van der Waals surface area (Å²) >= 11 is 0. The second-order valence-corrected chi connectivity index (χ2v) is 30.2. The Morgan fingerprint density at radius 2 is 0.728 bits per heavy atom. The SMILES string of the molecule is C.CC(C)CCN1CC(C)C1.CC(C)CCN1CCC(C)(C)CC1.CC(C)CCN1CCC(C)C1.CC(C)CCN1CCCCC1.CCCN(C)CCC(C)C.CCCN(CC)CCC(C)C.CCCN1CCN(CCC(C)C)CC1. The molecular formula is C73H160N8. The normalized spacial score (nSPS) is 19.5. The predicted molar refractivity (Wildman–Crippen MR) is 372 cm³/mol. The molecule has 5 aliphatic heterocycles. The van der Waals surface area contributed by atoms with Gasteiger partial charge >= 0.3 is 0 Å². The number of piperidine rings is 2. The van der Waals surface area contributed by atoms with Crippen LogP contribution >= 0.6 is 0 Å².